The van der Waals surface area contributed by atoms with Crippen molar-refractivity contribution in [2.75, 3.05) is 5.32 Å². The van der Waals surface area contributed by atoms with E-state index >= 15 is 0 Å². The van der Waals surface area contributed by atoms with Gasteiger partial charge in [-0.15, -0.1) is 11.3 Å². The van der Waals surface area contributed by atoms with Crippen LogP contribution in [0.15, 0.2) is 66.0 Å². The second-order valence-corrected chi connectivity index (χ2v) is 6.96. The molecule has 3 aromatic rings. The number of ketones is 1. The fourth-order valence-electron chi connectivity index (χ4n) is 2.59. The molecule has 0 aliphatic carbocycles. The van der Waals surface area contributed by atoms with E-state index in [-0.39, 0.29) is 23.9 Å². The summed E-state index contributed by atoms with van der Waals surface area (Å²) in [4.78, 5) is 23.5. The van der Waals surface area contributed by atoms with Crippen molar-refractivity contribution in [2.45, 2.75) is 12.5 Å². The lowest BCUT2D eigenvalue weighted by Gasteiger charge is -2.20. The van der Waals surface area contributed by atoms with Crippen molar-refractivity contribution < 1.29 is 9.72 Å². The highest BCUT2D eigenvalue weighted by atomic mass is 35.5. The predicted octanol–water partition coefficient (Wildman–Crippen LogP) is 5.74. The third-order valence-corrected chi connectivity index (χ3v) is 5.26. The maximum Gasteiger partial charge on any atom is 0.269 e. The quantitative estimate of drug-likeness (QED) is 0.319. The lowest BCUT2D eigenvalue weighted by Crippen LogP contribution is -2.15. The van der Waals surface area contributed by atoms with Crippen molar-refractivity contribution in [3.8, 4) is 0 Å². The SMILES string of the molecule is O=C(CC(Nc1ccc([N+](=O)[O-])cc1)c1ccccc1)c1sccc1Cl. The smallest absolute Gasteiger partial charge is 0.269 e. The number of nitro benzene ring substituents is 1. The molecule has 0 spiro atoms. The maximum absolute atomic E-state index is 12.6. The molecule has 0 aliphatic rings. The van der Waals surface area contributed by atoms with Gasteiger partial charge < -0.3 is 5.32 Å². The molecule has 7 heteroatoms. The van der Waals surface area contributed by atoms with Gasteiger partial charge in [-0.2, -0.15) is 0 Å². The number of halogens is 1. The summed E-state index contributed by atoms with van der Waals surface area (Å²) < 4.78 is 0. The van der Waals surface area contributed by atoms with Crippen LogP contribution < -0.4 is 5.32 Å². The highest BCUT2D eigenvalue weighted by molar-refractivity contribution is 7.12. The van der Waals surface area contributed by atoms with E-state index in [4.69, 9.17) is 11.6 Å². The van der Waals surface area contributed by atoms with E-state index in [0.29, 0.717) is 15.6 Å². The first-order valence-corrected chi connectivity index (χ1v) is 9.12. The first-order valence-electron chi connectivity index (χ1n) is 7.86. The number of anilines is 1. The van der Waals surface area contributed by atoms with Crippen LogP contribution in [-0.2, 0) is 0 Å². The molecule has 2 aromatic carbocycles. The van der Waals surface area contributed by atoms with Crippen LogP contribution in [0.25, 0.3) is 0 Å². The Morgan fingerprint density at radius 2 is 1.81 bits per heavy atom. The van der Waals surface area contributed by atoms with Gasteiger partial charge in [0, 0.05) is 24.2 Å². The van der Waals surface area contributed by atoms with Crippen LogP contribution in [0, 0.1) is 10.1 Å². The normalized spacial score (nSPS) is 11.7. The molecule has 5 nitrogen and oxygen atoms in total. The minimum absolute atomic E-state index is 0.0215. The zero-order valence-electron chi connectivity index (χ0n) is 13.6. The number of thiophene rings is 1. The van der Waals surface area contributed by atoms with Crippen LogP contribution in [0.3, 0.4) is 0 Å². The van der Waals surface area contributed by atoms with Gasteiger partial charge >= 0.3 is 0 Å². The highest BCUT2D eigenvalue weighted by Crippen LogP contribution is 2.29. The highest BCUT2D eigenvalue weighted by Gasteiger charge is 2.20. The average Bonchev–Trinajstić information content (AvgIpc) is 3.08. The topological polar surface area (TPSA) is 72.2 Å². The van der Waals surface area contributed by atoms with Gasteiger partial charge in [-0.25, -0.2) is 0 Å². The minimum atomic E-state index is -0.444. The lowest BCUT2D eigenvalue weighted by atomic mass is 10.0. The molecule has 0 bridgehead atoms. The fourth-order valence-corrected chi connectivity index (χ4v) is 3.70. The molecule has 26 heavy (non-hydrogen) atoms. The number of Topliss-reactive ketones (excluding diaryl/α,β-unsaturated/α-hetero) is 1. The summed E-state index contributed by atoms with van der Waals surface area (Å²) in [5, 5.41) is 16.3. The Bertz CT molecular complexity index is 910. The van der Waals surface area contributed by atoms with Crippen molar-refractivity contribution in [1.82, 2.24) is 0 Å². The molecular weight excluding hydrogens is 372 g/mol. The number of non-ortho nitro benzene ring substituents is 1. The van der Waals surface area contributed by atoms with Crippen LogP contribution >= 0.6 is 22.9 Å². The van der Waals surface area contributed by atoms with Gasteiger partial charge in [0.25, 0.3) is 5.69 Å². The molecule has 0 saturated heterocycles. The van der Waals surface area contributed by atoms with E-state index < -0.39 is 4.92 Å². The van der Waals surface area contributed by atoms with Crippen LogP contribution in [0.5, 0.6) is 0 Å². The first-order chi connectivity index (χ1) is 12.5. The molecule has 0 fully saturated rings. The van der Waals surface area contributed by atoms with Crippen molar-refractivity contribution >= 4 is 40.1 Å². The van der Waals surface area contributed by atoms with Crippen LogP contribution in [0.2, 0.25) is 5.02 Å². The van der Waals surface area contributed by atoms with E-state index in [0.717, 1.165) is 5.56 Å². The summed E-state index contributed by atoms with van der Waals surface area (Å²) in [6.45, 7) is 0. The van der Waals surface area contributed by atoms with Gasteiger partial charge in [0.1, 0.15) is 0 Å². The molecule has 0 amide bonds. The molecule has 132 valence electrons. The van der Waals surface area contributed by atoms with Crippen LogP contribution in [0.4, 0.5) is 11.4 Å². The van der Waals surface area contributed by atoms with Gasteiger partial charge in [0.15, 0.2) is 5.78 Å². The number of carbonyl (C=O) groups is 1. The summed E-state index contributed by atoms with van der Waals surface area (Å²) in [5.41, 5.74) is 1.68. The van der Waals surface area contributed by atoms with E-state index in [1.807, 2.05) is 30.3 Å². The molecule has 1 N–H and O–H groups in total. The Morgan fingerprint density at radius 3 is 2.38 bits per heavy atom. The number of nitrogens with one attached hydrogen (secondary N) is 1. The number of hydrogen-bond donors (Lipinski definition) is 1. The lowest BCUT2D eigenvalue weighted by molar-refractivity contribution is -0.384. The number of nitrogens with zero attached hydrogens (tertiary/aromatic N) is 1. The molecule has 1 aromatic heterocycles. The molecule has 1 heterocycles. The standard InChI is InChI=1S/C19H15ClN2O3S/c20-16-10-11-26-19(16)18(23)12-17(13-4-2-1-3-5-13)21-14-6-8-15(9-7-14)22(24)25/h1-11,17,21H,12H2. The van der Waals surface area contributed by atoms with Gasteiger partial charge in [-0.3, -0.25) is 14.9 Å². The molecule has 0 radical (unpaired) electrons. The Labute approximate surface area is 159 Å². The Morgan fingerprint density at radius 1 is 1.12 bits per heavy atom. The summed E-state index contributed by atoms with van der Waals surface area (Å²) >= 11 is 7.40. The fraction of sp³-hybridized carbons (Fsp3) is 0.105. The van der Waals surface area contributed by atoms with Gasteiger partial charge in [-0.05, 0) is 29.1 Å². The summed E-state index contributed by atoms with van der Waals surface area (Å²) in [5.74, 6) is -0.0479. The third-order valence-electron chi connectivity index (χ3n) is 3.88. The second kappa shape index (κ2) is 8.12. The van der Waals surface area contributed by atoms with Gasteiger partial charge in [0.2, 0.25) is 0 Å². The minimum Gasteiger partial charge on any atom is -0.378 e. The molecule has 1 atom stereocenters. The average molecular weight is 387 g/mol. The van der Waals surface area contributed by atoms with Gasteiger partial charge in [-0.1, -0.05) is 41.9 Å². The second-order valence-electron chi connectivity index (χ2n) is 5.64. The van der Waals surface area contributed by atoms with Crippen molar-refractivity contribution in [3.63, 3.8) is 0 Å². The van der Waals surface area contributed by atoms with E-state index in [1.54, 1.807) is 23.6 Å². The predicted molar refractivity (Wildman–Crippen MR) is 104 cm³/mol. The van der Waals surface area contributed by atoms with E-state index in [2.05, 4.69) is 5.32 Å². The molecular formula is C19H15ClN2O3S. The summed E-state index contributed by atoms with van der Waals surface area (Å²) in [7, 11) is 0. The zero-order valence-corrected chi connectivity index (χ0v) is 15.2. The number of hydrogen-bond acceptors (Lipinski definition) is 5. The number of benzene rings is 2. The maximum atomic E-state index is 12.6. The molecule has 0 aliphatic heterocycles. The number of rotatable bonds is 7. The van der Waals surface area contributed by atoms with E-state index in [9.17, 15) is 14.9 Å². The van der Waals surface area contributed by atoms with Crippen LogP contribution in [0.1, 0.15) is 27.7 Å². The molecule has 1 unspecified atom stereocenters. The first kappa shape index (κ1) is 18.1. The molecule has 0 saturated carbocycles. The van der Waals surface area contributed by atoms with Crippen LogP contribution in [-0.4, -0.2) is 10.7 Å². The van der Waals surface area contributed by atoms with Gasteiger partial charge in [0.05, 0.1) is 20.9 Å². The van der Waals surface area contributed by atoms with E-state index in [1.165, 1.54) is 23.5 Å². The summed E-state index contributed by atoms with van der Waals surface area (Å²) in [6.07, 6.45) is 0.223. The van der Waals surface area contributed by atoms with Crippen molar-refractivity contribution in [3.05, 3.63) is 91.6 Å². The molecule has 3 rings (SSSR count). The Balaban J connectivity index is 1.83. The largest absolute Gasteiger partial charge is 0.378 e. The Kier molecular flexibility index (Phi) is 5.65. The number of nitro groups is 1. The Hall–Kier alpha value is -2.70. The summed E-state index contributed by atoms with van der Waals surface area (Å²) in [6, 6.07) is 17.2. The van der Waals surface area contributed by atoms with Crippen molar-refractivity contribution in [2.24, 2.45) is 0 Å². The monoisotopic (exact) mass is 386 g/mol. The zero-order chi connectivity index (χ0) is 18.5. The number of carbonyl (C=O) groups excluding carboxylic acids is 1. The third kappa shape index (κ3) is 4.28. The van der Waals surface area contributed by atoms with Crippen molar-refractivity contribution in [1.29, 1.82) is 0 Å².